The Morgan fingerprint density at radius 2 is 1.79 bits per heavy atom. The molecule has 28 heavy (non-hydrogen) atoms. The summed E-state index contributed by atoms with van der Waals surface area (Å²) in [7, 11) is 0. The van der Waals surface area contributed by atoms with E-state index in [1.807, 2.05) is 24.3 Å². The highest BCUT2D eigenvalue weighted by Gasteiger charge is 2.21. The number of benzene rings is 3. The van der Waals surface area contributed by atoms with Crippen LogP contribution < -0.4 is 5.32 Å². The largest absolute Gasteiger partial charge is 0.449 e. The molecule has 0 aliphatic heterocycles. The molecule has 1 unspecified atom stereocenters. The summed E-state index contributed by atoms with van der Waals surface area (Å²) in [4.78, 5) is 34.4. The Kier molecular flexibility index (Phi) is 5.30. The molecule has 0 fully saturated rings. The Hall–Kier alpha value is -3.81. The molecule has 0 heterocycles. The second-order valence-corrected chi connectivity index (χ2v) is 6.02. The van der Waals surface area contributed by atoms with Gasteiger partial charge in [0, 0.05) is 11.8 Å². The molecule has 0 aromatic heterocycles. The Morgan fingerprint density at radius 1 is 1.07 bits per heavy atom. The number of nitrogens with zero attached hydrogens (tertiary/aromatic N) is 1. The number of carbonyl (C=O) groups excluding carboxylic acids is 2. The van der Waals surface area contributed by atoms with E-state index in [0.717, 1.165) is 22.9 Å². The number of halogens is 1. The lowest BCUT2D eigenvalue weighted by Gasteiger charge is -2.14. The van der Waals surface area contributed by atoms with Crippen LogP contribution in [0.5, 0.6) is 0 Å². The highest BCUT2D eigenvalue weighted by Crippen LogP contribution is 2.22. The number of carbonyl (C=O) groups is 2. The quantitative estimate of drug-likeness (QED) is 0.407. The van der Waals surface area contributed by atoms with Gasteiger partial charge in [-0.15, -0.1) is 0 Å². The van der Waals surface area contributed by atoms with E-state index in [-0.39, 0.29) is 11.3 Å². The van der Waals surface area contributed by atoms with Crippen molar-refractivity contribution in [2.75, 3.05) is 5.32 Å². The molecular weight excluding hydrogens is 367 g/mol. The SMILES string of the molecule is CC(OC(=O)c1ccc2ccccc2c1)C(=O)Nc1ccc(F)c([N+](=O)[O-])c1. The smallest absolute Gasteiger partial charge is 0.338 e. The number of anilines is 1. The molecule has 1 N–H and O–H groups in total. The van der Waals surface area contributed by atoms with E-state index < -0.39 is 34.4 Å². The van der Waals surface area contributed by atoms with Gasteiger partial charge in [-0.05, 0) is 42.0 Å². The maximum atomic E-state index is 13.4. The predicted octanol–water partition coefficient (Wildman–Crippen LogP) is 4.07. The molecule has 0 aliphatic carbocycles. The van der Waals surface area contributed by atoms with E-state index in [9.17, 15) is 24.1 Å². The van der Waals surface area contributed by atoms with E-state index in [1.165, 1.54) is 13.0 Å². The van der Waals surface area contributed by atoms with Gasteiger partial charge in [0.2, 0.25) is 5.82 Å². The van der Waals surface area contributed by atoms with Crippen molar-refractivity contribution in [3.05, 3.63) is 82.2 Å². The predicted molar refractivity (Wildman–Crippen MR) is 101 cm³/mol. The third-order valence-corrected chi connectivity index (χ3v) is 4.05. The van der Waals surface area contributed by atoms with Gasteiger partial charge in [0.1, 0.15) is 0 Å². The lowest BCUT2D eigenvalue weighted by Crippen LogP contribution is -2.30. The molecule has 1 atom stereocenters. The van der Waals surface area contributed by atoms with Gasteiger partial charge in [0.15, 0.2) is 6.10 Å². The minimum Gasteiger partial charge on any atom is -0.449 e. The molecular formula is C20H15FN2O5. The van der Waals surface area contributed by atoms with E-state index >= 15 is 0 Å². The number of amides is 1. The van der Waals surface area contributed by atoms with Crippen molar-refractivity contribution in [2.45, 2.75) is 13.0 Å². The van der Waals surface area contributed by atoms with Crippen LogP contribution >= 0.6 is 0 Å². The molecule has 0 radical (unpaired) electrons. The van der Waals surface area contributed by atoms with E-state index in [2.05, 4.69) is 5.32 Å². The summed E-state index contributed by atoms with van der Waals surface area (Å²) in [5, 5.41) is 15.0. The summed E-state index contributed by atoms with van der Waals surface area (Å²) >= 11 is 0. The molecule has 3 rings (SSSR count). The van der Waals surface area contributed by atoms with Crippen LogP contribution in [0.2, 0.25) is 0 Å². The fraction of sp³-hybridized carbons (Fsp3) is 0.100. The van der Waals surface area contributed by atoms with Crippen LogP contribution in [0.3, 0.4) is 0 Å². The maximum absolute atomic E-state index is 13.4. The van der Waals surface area contributed by atoms with Crippen LogP contribution in [0, 0.1) is 15.9 Å². The molecule has 142 valence electrons. The second-order valence-electron chi connectivity index (χ2n) is 6.02. The average molecular weight is 382 g/mol. The number of fused-ring (bicyclic) bond motifs is 1. The molecule has 3 aromatic rings. The van der Waals surface area contributed by atoms with Crippen molar-refractivity contribution in [3.8, 4) is 0 Å². The summed E-state index contributed by atoms with van der Waals surface area (Å²) in [6, 6.07) is 15.5. The van der Waals surface area contributed by atoms with Gasteiger partial charge in [0.05, 0.1) is 10.5 Å². The monoisotopic (exact) mass is 382 g/mol. The van der Waals surface area contributed by atoms with Crippen molar-refractivity contribution in [3.63, 3.8) is 0 Å². The van der Waals surface area contributed by atoms with Gasteiger partial charge < -0.3 is 10.1 Å². The van der Waals surface area contributed by atoms with Gasteiger partial charge >= 0.3 is 11.7 Å². The molecule has 0 saturated carbocycles. The van der Waals surface area contributed by atoms with Gasteiger partial charge in [-0.2, -0.15) is 4.39 Å². The Labute approximate surface area is 158 Å². The maximum Gasteiger partial charge on any atom is 0.338 e. The summed E-state index contributed by atoms with van der Waals surface area (Å²) in [5.41, 5.74) is -0.457. The normalized spacial score (nSPS) is 11.6. The van der Waals surface area contributed by atoms with E-state index in [1.54, 1.807) is 18.2 Å². The number of nitro groups is 1. The molecule has 7 nitrogen and oxygen atoms in total. The van der Waals surface area contributed by atoms with Crippen LogP contribution in [0.25, 0.3) is 10.8 Å². The third-order valence-electron chi connectivity index (χ3n) is 4.05. The Balaban J connectivity index is 1.68. The highest BCUT2D eigenvalue weighted by atomic mass is 19.1. The summed E-state index contributed by atoms with van der Waals surface area (Å²) in [5.74, 6) is -2.40. The topological polar surface area (TPSA) is 98.5 Å². The number of hydrogen-bond acceptors (Lipinski definition) is 5. The lowest BCUT2D eigenvalue weighted by molar-refractivity contribution is -0.387. The number of ether oxygens (including phenoxy) is 1. The fourth-order valence-electron chi connectivity index (χ4n) is 2.57. The molecule has 3 aromatic carbocycles. The van der Waals surface area contributed by atoms with Crippen molar-refractivity contribution < 1.29 is 23.6 Å². The lowest BCUT2D eigenvalue weighted by atomic mass is 10.1. The minimum absolute atomic E-state index is 0.0201. The zero-order chi connectivity index (χ0) is 20.3. The van der Waals surface area contributed by atoms with Crippen LogP contribution in [-0.2, 0) is 9.53 Å². The molecule has 8 heteroatoms. The molecule has 0 aliphatic rings. The fourth-order valence-corrected chi connectivity index (χ4v) is 2.57. The standard InChI is InChI=1S/C20H15FN2O5/c1-12(19(24)22-16-8-9-17(21)18(11-16)23(26)27)28-20(25)15-7-6-13-4-2-3-5-14(13)10-15/h2-12H,1H3,(H,22,24). The molecule has 0 saturated heterocycles. The van der Waals surface area contributed by atoms with Crippen molar-refractivity contribution in [1.29, 1.82) is 0 Å². The summed E-state index contributed by atoms with van der Waals surface area (Å²) < 4.78 is 18.5. The molecule has 0 spiro atoms. The van der Waals surface area contributed by atoms with Gasteiger partial charge in [0.25, 0.3) is 5.91 Å². The summed E-state index contributed by atoms with van der Waals surface area (Å²) in [6.07, 6.45) is -1.16. The van der Waals surface area contributed by atoms with Crippen LogP contribution in [0.15, 0.2) is 60.7 Å². The van der Waals surface area contributed by atoms with E-state index in [4.69, 9.17) is 4.74 Å². The Bertz CT molecular complexity index is 1080. The molecule has 0 bridgehead atoms. The van der Waals surface area contributed by atoms with Crippen molar-refractivity contribution >= 4 is 34.0 Å². The second kappa shape index (κ2) is 7.83. The van der Waals surface area contributed by atoms with Gasteiger partial charge in [-0.3, -0.25) is 14.9 Å². The first kappa shape index (κ1) is 19.0. The number of hydrogen-bond donors (Lipinski definition) is 1. The highest BCUT2D eigenvalue weighted by molar-refractivity contribution is 5.99. The first-order valence-corrected chi connectivity index (χ1v) is 8.30. The number of nitro benzene ring substituents is 1. The zero-order valence-corrected chi connectivity index (χ0v) is 14.7. The van der Waals surface area contributed by atoms with Crippen LogP contribution in [-0.4, -0.2) is 22.9 Å². The molecule has 1 amide bonds. The van der Waals surface area contributed by atoms with Gasteiger partial charge in [-0.25, -0.2) is 4.79 Å². The van der Waals surface area contributed by atoms with Crippen LogP contribution in [0.1, 0.15) is 17.3 Å². The summed E-state index contributed by atoms with van der Waals surface area (Å²) in [6.45, 7) is 1.37. The average Bonchev–Trinajstić information content (AvgIpc) is 2.68. The van der Waals surface area contributed by atoms with Crippen molar-refractivity contribution in [2.24, 2.45) is 0 Å². The van der Waals surface area contributed by atoms with Crippen molar-refractivity contribution in [1.82, 2.24) is 0 Å². The zero-order valence-electron chi connectivity index (χ0n) is 14.7. The number of rotatable bonds is 5. The first-order chi connectivity index (χ1) is 13.3. The minimum atomic E-state index is -1.16. The first-order valence-electron chi connectivity index (χ1n) is 8.30. The number of esters is 1. The van der Waals surface area contributed by atoms with E-state index in [0.29, 0.717) is 0 Å². The van der Waals surface area contributed by atoms with Crippen LogP contribution in [0.4, 0.5) is 15.8 Å². The Morgan fingerprint density at radius 3 is 2.50 bits per heavy atom. The third kappa shape index (κ3) is 4.12. The number of nitrogens with one attached hydrogen (secondary N) is 1. The van der Waals surface area contributed by atoms with Gasteiger partial charge in [-0.1, -0.05) is 30.3 Å².